The van der Waals surface area contributed by atoms with E-state index in [2.05, 4.69) is 15.0 Å². The summed E-state index contributed by atoms with van der Waals surface area (Å²) in [5, 5.41) is 15.5. The summed E-state index contributed by atoms with van der Waals surface area (Å²) in [5.41, 5.74) is 1.93. The van der Waals surface area contributed by atoms with Gasteiger partial charge in [0.25, 0.3) is 0 Å². The van der Waals surface area contributed by atoms with E-state index in [1.165, 1.54) is 35.3 Å². The van der Waals surface area contributed by atoms with E-state index in [4.69, 9.17) is 4.52 Å². The lowest BCUT2D eigenvalue weighted by Crippen LogP contribution is -2.29. The molecule has 140 valence electrons. The highest BCUT2D eigenvalue weighted by atomic mass is 32.1. The van der Waals surface area contributed by atoms with Crippen LogP contribution in [0.5, 0.6) is 0 Å². The molecule has 3 aromatic rings. The van der Waals surface area contributed by atoms with Gasteiger partial charge >= 0.3 is 5.97 Å². The molecule has 0 atom stereocenters. The highest BCUT2D eigenvalue weighted by Crippen LogP contribution is 2.37. The molecule has 3 heterocycles. The van der Waals surface area contributed by atoms with Gasteiger partial charge in [-0.1, -0.05) is 11.6 Å². The van der Waals surface area contributed by atoms with E-state index in [0.29, 0.717) is 34.1 Å². The summed E-state index contributed by atoms with van der Waals surface area (Å²) in [6.45, 7) is 2.57. The number of carboxylic acids is 1. The van der Waals surface area contributed by atoms with Crippen LogP contribution in [-0.4, -0.2) is 39.2 Å². The standard InChI is InChI=1S/C19H18FN3O3S/c20-13-6-4-12(5-7-13)17-16(18-21-14(11-27-18)19(24)25)15(26-22-17)10-23-8-2-1-3-9-23/h4-7,11H,1-3,8-10H2,(H,24,25). The van der Waals surface area contributed by atoms with Crippen molar-refractivity contribution in [3.63, 3.8) is 0 Å². The molecule has 0 amide bonds. The normalized spacial score (nSPS) is 15.1. The molecule has 1 saturated heterocycles. The number of thiazole rings is 1. The van der Waals surface area contributed by atoms with Crippen molar-refractivity contribution in [2.45, 2.75) is 25.8 Å². The Hall–Kier alpha value is -2.58. The monoisotopic (exact) mass is 387 g/mol. The Morgan fingerprint density at radius 3 is 2.63 bits per heavy atom. The van der Waals surface area contributed by atoms with Gasteiger partial charge in [0.15, 0.2) is 11.5 Å². The molecule has 1 aliphatic rings. The van der Waals surface area contributed by atoms with E-state index in [0.717, 1.165) is 25.9 Å². The minimum Gasteiger partial charge on any atom is -0.476 e. The van der Waals surface area contributed by atoms with Crippen LogP contribution in [0, 0.1) is 5.82 Å². The minimum absolute atomic E-state index is 0.00909. The average molecular weight is 387 g/mol. The van der Waals surface area contributed by atoms with Crippen LogP contribution in [0.4, 0.5) is 4.39 Å². The predicted molar refractivity (Wildman–Crippen MR) is 99.1 cm³/mol. The van der Waals surface area contributed by atoms with Crippen molar-refractivity contribution in [3.05, 3.63) is 46.9 Å². The van der Waals surface area contributed by atoms with Gasteiger partial charge in [0.2, 0.25) is 0 Å². The van der Waals surface area contributed by atoms with Gasteiger partial charge in [-0.25, -0.2) is 14.2 Å². The van der Waals surface area contributed by atoms with Crippen molar-refractivity contribution in [1.29, 1.82) is 0 Å². The Morgan fingerprint density at radius 1 is 1.22 bits per heavy atom. The van der Waals surface area contributed by atoms with Gasteiger partial charge in [0.1, 0.15) is 16.5 Å². The summed E-state index contributed by atoms with van der Waals surface area (Å²) in [5.74, 6) is -0.753. The van der Waals surface area contributed by atoms with Gasteiger partial charge in [0.05, 0.1) is 12.1 Å². The van der Waals surface area contributed by atoms with Gasteiger partial charge in [-0.05, 0) is 50.2 Å². The van der Waals surface area contributed by atoms with Crippen molar-refractivity contribution in [3.8, 4) is 21.8 Å². The number of rotatable bonds is 5. The van der Waals surface area contributed by atoms with Gasteiger partial charge in [-0.2, -0.15) is 0 Å². The third-order valence-corrected chi connectivity index (χ3v) is 5.49. The Kier molecular flexibility index (Phi) is 5.00. The summed E-state index contributed by atoms with van der Waals surface area (Å²) >= 11 is 1.24. The van der Waals surface area contributed by atoms with Crippen LogP contribution < -0.4 is 0 Å². The summed E-state index contributed by atoms with van der Waals surface area (Å²) in [4.78, 5) is 17.8. The zero-order valence-corrected chi connectivity index (χ0v) is 15.3. The molecule has 0 aliphatic carbocycles. The quantitative estimate of drug-likeness (QED) is 0.704. The molecule has 1 aromatic carbocycles. The van der Waals surface area contributed by atoms with Crippen LogP contribution in [-0.2, 0) is 6.54 Å². The first-order valence-corrected chi connectivity index (χ1v) is 9.66. The molecule has 1 aliphatic heterocycles. The molecular formula is C19H18FN3O3S. The van der Waals surface area contributed by atoms with Crippen molar-refractivity contribution < 1.29 is 18.8 Å². The summed E-state index contributed by atoms with van der Waals surface area (Å²) in [7, 11) is 0. The van der Waals surface area contributed by atoms with Crippen LogP contribution in [0.1, 0.15) is 35.5 Å². The third-order valence-electron chi connectivity index (χ3n) is 4.63. The predicted octanol–water partition coefficient (Wildman–Crippen LogP) is 4.29. The molecule has 1 fully saturated rings. The molecule has 27 heavy (non-hydrogen) atoms. The second-order valence-electron chi connectivity index (χ2n) is 6.52. The first-order chi connectivity index (χ1) is 13.1. The molecule has 0 saturated carbocycles. The van der Waals surface area contributed by atoms with Crippen LogP contribution in [0.15, 0.2) is 34.2 Å². The third kappa shape index (κ3) is 3.77. The fraction of sp³-hybridized carbons (Fsp3) is 0.316. The lowest BCUT2D eigenvalue weighted by molar-refractivity contribution is 0.0691. The number of aromatic nitrogens is 2. The zero-order chi connectivity index (χ0) is 18.8. The number of benzene rings is 1. The number of carbonyl (C=O) groups is 1. The second-order valence-corrected chi connectivity index (χ2v) is 7.37. The van der Waals surface area contributed by atoms with Crippen LogP contribution in [0.3, 0.4) is 0 Å². The second kappa shape index (κ2) is 7.58. The zero-order valence-electron chi connectivity index (χ0n) is 14.5. The molecule has 4 rings (SSSR count). The van der Waals surface area contributed by atoms with E-state index in [9.17, 15) is 14.3 Å². The Bertz CT molecular complexity index is 946. The number of hydrogen-bond acceptors (Lipinski definition) is 6. The highest BCUT2D eigenvalue weighted by molar-refractivity contribution is 7.13. The molecular weight excluding hydrogens is 369 g/mol. The largest absolute Gasteiger partial charge is 0.476 e. The van der Waals surface area contributed by atoms with Crippen molar-refractivity contribution in [2.75, 3.05) is 13.1 Å². The number of piperidine rings is 1. The van der Waals surface area contributed by atoms with E-state index in [1.54, 1.807) is 12.1 Å². The fourth-order valence-corrected chi connectivity index (χ4v) is 4.12. The van der Waals surface area contributed by atoms with Gasteiger partial charge in [-0.3, -0.25) is 4.90 Å². The van der Waals surface area contributed by atoms with E-state index in [-0.39, 0.29) is 11.5 Å². The highest BCUT2D eigenvalue weighted by Gasteiger charge is 2.25. The minimum atomic E-state index is -1.07. The van der Waals surface area contributed by atoms with Gasteiger partial charge in [0, 0.05) is 10.9 Å². The Balaban J connectivity index is 1.76. The SMILES string of the molecule is O=C(O)c1csc(-c2c(-c3ccc(F)cc3)noc2CN2CCCCC2)n1. The molecule has 6 nitrogen and oxygen atoms in total. The number of likely N-dealkylation sites (tertiary alicyclic amines) is 1. The molecule has 1 N–H and O–H groups in total. The maximum atomic E-state index is 13.3. The fourth-order valence-electron chi connectivity index (χ4n) is 3.26. The summed E-state index contributed by atoms with van der Waals surface area (Å²) in [6.07, 6.45) is 3.53. The van der Waals surface area contributed by atoms with Crippen molar-refractivity contribution in [2.24, 2.45) is 0 Å². The maximum Gasteiger partial charge on any atom is 0.355 e. The number of aromatic carboxylic acids is 1. The molecule has 2 aromatic heterocycles. The first kappa shape index (κ1) is 17.8. The van der Waals surface area contributed by atoms with E-state index in [1.807, 2.05) is 0 Å². The van der Waals surface area contributed by atoms with Crippen molar-refractivity contribution >= 4 is 17.3 Å². The molecule has 0 bridgehead atoms. The van der Waals surface area contributed by atoms with Crippen LogP contribution >= 0.6 is 11.3 Å². The Labute approximate surface area is 159 Å². The number of halogens is 1. The number of carboxylic acid groups (broad SMARTS) is 1. The lowest BCUT2D eigenvalue weighted by Gasteiger charge is -2.25. The summed E-state index contributed by atoms with van der Waals surface area (Å²) < 4.78 is 18.9. The van der Waals surface area contributed by atoms with Crippen molar-refractivity contribution in [1.82, 2.24) is 15.0 Å². The first-order valence-electron chi connectivity index (χ1n) is 8.78. The van der Waals surface area contributed by atoms with E-state index < -0.39 is 5.97 Å². The Morgan fingerprint density at radius 2 is 1.96 bits per heavy atom. The number of nitrogens with zero attached hydrogens (tertiary/aromatic N) is 3. The average Bonchev–Trinajstić information content (AvgIpc) is 3.30. The molecule has 8 heteroatoms. The van der Waals surface area contributed by atoms with Crippen LogP contribution in [0.2, 0.25) is 0 Å². The topological polar surface area (TPSA) is 79.5 Å². The molecule has 0 spiro atoms. The number of hydrogen-bond donors (Lipinski definition) is 1. The van der Waals surface area contributed by atoms with Crippen LogP contribution in [0.25, 0.3) is 21.8 Å². The smallest absolute Gasteiger partial charge is 0.355 e. The summed E-state index contributed by atoms with van der Waals surface area (Å²) in [6, 6.07) is 5.99. The molecule has 0 unspecified atom stereocenters. The van der Waals surface area contributed by atoms with Gasteiger partial charge < -0.3 is 9.63 Å². The van der Waals surface area contributed by atoms with Gasteiger partial charge in [-0.15, -0.1) is 11.3 Å². The lowest BCUT2D eigenvalue weighted by atomic mass is 10.1. The molecule has 0 radical (unpaired) electrons. The van der Waals surface area contributed by atoms with E-state index >= 15 is 0 Å². The maximum absolute atomic E-state index is 13.3.